The minimum atomic E-state index is 0.534. The lowest BCUT2D eigenvalue weighted by Crippen LogP contribution is -2.26. The van der Waals surface area contributed by atoms with Crippen molar-refractivity contribution >= 4 is 0 Å². The quantitative estimate of drug-likeness (QED) is 0.715. The molecule has 1 heteroatoms. The van der Waals surface area contributed by atoms with E-state index in [2.05, 4.69) is 45.2 Å². The molecule has 1 fully saturated rings. The molecule has 1 saturated carbocycles. The van der Waals surface area contributed by atoms with E-state index in [0.717, 1.165) is 11.8 Å². The van der Waals surface area contributed by atoms with Gasteiger partial charge in [0, 0.05) is 0 Å². The Kier molecular flexibility index (Phi) is 3.18. The number of rotatable bonds is 4. The Labute approximate surface area is 101 Å². The molecule has 16 heavy (non-hydrogen) atoms. The first-order chi connectivity index (χ1) is 7.46. The molecule has 0 aliphatic heterocycles. The standard InChI is InChI=1S/C15H27N/c1-14(2)13(15(14,3)4)11-16-10-12-8-6-5-7-9-12/h5-6,12-13,16H,7-11H2,1-4H3. The fourth-order valence-electron chi connectivity index (χ4n) is 3.32. The van der Waals surface area contributed by atoms with Gasteiger partial charge >= 0.3 is 0 Å². The smallest absolute Gasteiger partial charge is 0.000977 e. The van der Waals surface area contributed by atoms with Gasteiger partial charge in [-0.15, -0.1) is 0 Å². The maximum absolute atomic E-state index is 3.69. The summed E-state index contributed by atoms with van der Waals surface area (Å²) >= 11 is 0. The van der Waals surface area contributed by atoms with Crippen molar-refractivity contribution < 1.29 is 0 Å². The van der Waals surface area contributed by atoms with Crippen molar-refractivity contribution in [1.82, 2.24) is 5.32 Å². The van der Waals surface area contributed by atoms with Gasteiger partial charge < -0.3 is 5.32 Å². The van der Waals surface area contributed by atoms with Crippen LogP contribution in [0, 0.1) is 22.7 Å². The molecule has 0 aromatic rings. The van der Waals surface area contributed by atoms with Crippen LogP contribution >= 0.6 is 0 Å². The summed E-state index contributed by atoms with van der Waals surface area (Å²) in [5.74, 6) is 1.74. The van der Waals surface area contributed by atoms with Crippen molar-refractivity contribution in [2.75, 3.05) is 13.1 Å². The van der Waals surface area contributed by atoms with Gasteiger partial charge in [-0.05, 0) is 55.0 Å². The molecule has 0 heterocycles. The molecule has 2 rings (SSSR count). The molecule has 2 aliphatic carbocycles. The van der Waals surface area contributed by atoms with Crippen molar-refractivity contribution in [1.29, 1.82) is 0 Å². The van der Waals surface area contributed by atoms with Gasteiger partial charge in [-0.25, -0.2) is 0 Å². The fourth-order valence-corrected chi connectivity index (χ4v) is 3.32. The Morgan fingerprint density at radius 2 is 1.75 bits per heavy atom. The maximum atomic E-state index is 3.69. The normalized spacial score (nSPS) is 31.6. The second kappa shape index (κ2) is 4.18. The second-order valence-corrected chi connectivity index (χ2v) is 6.80. The van der Waals surface area contributed by atoms with E-state index in [9.17, 15) is 0 Å². The first-order valence-corrected chi connectivity index (χ1v) is 6.82. The van der Waals surface area contributed by atoms with Crippen LogP contribution in [-0.2, 0) is 0 Å². The third-order valence-electron chi connectivity index (χ3n) is 5.48. The Hall–Kier alpha value is -0.300. The predicted molar refractivity (Wildman–Crippen MR) is 70.4 cm³/mol. The van der Waals surface area contributed by atoms with Gasteiger partial charge in [-0.3, -0.25) is 0 Å². The van der Waals surface area contributed by atoms with E-state index in [1.54, 1.807) is 0 Å². The molecule has 1 unspecified atom stereocenters. The molecule has 0 saturated heterocycles. The van der Waals surface area contributed by atoms with Crippen LogP contribution in [0.2, 0.25) is 0 Å². The van der Waals surface area contributed by atoms with Crippen LogP contribution in [0.25, 0.3) is 0 Å². The summed E-state index contributed by atoms with van der Waals surface area (Å²) in [4.78, 5) is 0. The van der Waals surface area contributed by atoms with E-state index in [4.69, 9.17) is 0 Å². The summed E-state index contributed by atoms with van der Waals surface area (Å²) in [6.07, 6.45) is 8.61. The summed E-state index contributed by atoms with van der Waals surface area (Å²) < 4.78 is 0. The van der Waals surface area contributed by atoms with Crippen molar-refractivity contribution in [3.63, 3.8) is 0 Å². The molecule has 92 valence electrons. The van der Waals surface area contributed by atoms with Crippen molar-refractivity contribution in [2.24, 2.45) is 22.7 Å². The first-order valence-electron chi connectivity index (χ1n) is 6.82. The lowest BCUT2D eigenvalue weighted by Gasteiger charge is -2.18. The minimum Gasteiger partial charge on any atom is -0.316 e. The minimum absolute atomic E-state index is 0.534. The Morgan fingerprint density at radius 3 is 2.25 bits per heavy atom. The molecule has 0 spiro atoms. The molecule has 1 nitrogen and oxygen atoms in total. The highest BCUT2D eigenvalue weighted by Crippen LogP contribution is 2.67. The van der Waals surface area contributed by atoms with Gasteiger partial charge in [0.2, 0.25) is 0 Å². The van der Waals surface area contributed by atoms with Crippen LogP contribution in [0.4, 0.5) is 0 Å². The molecule has 0 radical (unpaired) electrons. The summed E-state index contributed by atoms with van der Waals surface area (Å²) in [5.41, 5.74) is 1.07. The lowest BCUT2D eigenvalue weighted by molar-refractivity contribution is 0.422. The SMILES string of the molecule is CC1(C)C(CNCC2CC=CCC2)C1(C)C. The lowest BCUT2D eigenvalue weighted by atomic mass is 9.94. The Balaban J connectivity index is 1.68. The monoisotopic (exact) mass is 221 g/mol. The van der Waals surface area contributed by atoms with Crippen molar-refractivity contribution in [2.45, 2.75) is 47.0 Å². The third-order valence-corrected chi connectivity index (χ3v) is 5.48. The van der Waals surface area contributed by atoms with Crippen LogP contribution in [0.3, 0.4) is 0 Å². The highest BCUT2D eigenvalue weighted by atomic mass is 14.9. The summed E-state index contributed by atoms with van der Waals surface area (Å²) in [7, 11) is 0. The number of hydrogen-bond acceptors (Lipinski definition) is 1. The van der Waals surface area contributed by atoms with Gasteiger partial charge in [0.05, 0.1) is 0 Å². The van der Waals surface area contributed by atoms with Crippen molar-refractivity contribution in [3.8, 4) is 0 Å². The molecule has 2 aliphatic rings. The van der Waals surface area contributed by atoms with Crippen LogP contribution in [0.1, 0.15) is 47.0 Å². The average Bonchev–Trinajstić information content (AvgIpc) is 2.62. The topological polar surface area (TPSA) is 12.0 Å². The fraction of sp³-hybridized carbons (Fsp3) is 0.867. The molecule has 1 N–H and O–H groups in total. The summed E-state index contributed by atoms with van der Waals surface area (Å²) in [5, 5.41) is 3.69. The summed E-state index contributed by atoms with van der Waals surface area (Å²) in [6.45, 7) is 12.0. The molecule has 0 amide bonds. The van der Waals surface area contributed by atoms with E-state index in [1.807, 2.05) is 0 Å². The molecular formula is C15H27N. The zero-order chi connectivity index (χ0) is 11.8. The molecule has 0 bridgehead atoms. The van der Waals surface area contributed by atoms with Gasteiger partial charge in [-0.2, -0.15) is 0 Å². The van der Waals surface area contributed by atoms with Crippen LogP contribution in [0.5, 0.6) is 0 Å². The maximum Gasteiger partial charge on any atom is -0.000977 e. The van der Waals surface area contributed by atoms with Gasteiger partial charge in [0.25, 0.3) is 0 Å². The van der Waals surface area contributed by atoms with E-state index in [0.29, 0.717) is 10.8 Å². The van der Waals surface area contributed by atoms with E-state index < -0.39 is 0 Å². The zero-order valence-corrected chi connectivity index (χ0v) is 11.3. The molecular weight excluding hydrogens is 194 g/mol. The van der Waals surface area contributed by atoms with Crippen LogP contribution < -0.4 is 5.32 Å². The van der Waals surface area contributed by atoms with Crippen LogP contribution in [0.15, 0.2) is 12.2 Å². The molecule has 0 aromatic carbocycles. The highest BCUT2D eigenvalue weighted by Gasteiger charge is 2.63. The predicted octanol–water partition coefficient (Wildman–Crippen LogP) is 3.61. The van der Waals surface area contributed by atoms with Crippen LogP contribution in [-0.4, -0.2) is 13.1 Å². The average molecular weight is 221 g/mol. The van der Waals surface area contributed by atoms with Gasteiger partial charge in [0.1, 0.15) is 0 Å². The van der Waals surface area contributed by atoms with E-state index >= 15 is 0 Å². The van der Waals surface area contributed by atoms with Gasteiger partial charge in [0.15, 0.2) is 0 Å². The van der Waals surface area contributed by atoms with E-state index in [-0.39, 0.29) is 0 Å². The second-order valence-electron chi connectivity index (χ2n) is 6.80. The molecule has 0 aromatic heterocycles. The highest BCUT2D eigenvalue weighted by molar-refractivity contribution is 5.12. The number of allylic oxidation sites excluding steroid dienone is 2. The van der Waals surface area contributed by atoms with E-state index in [1.165, 1.54) is 32.4 Å². The number of hydrogen-bond donors (Lipinski definition) is 1. The first kappa shape index (κ1) is 12.2. The zero-order valence-electron chi connectivity index (χ0n) is 11.3. The largest absolute Gasteiger partial charge is 0.316 e. The summed E-state index contributed by atoms with van der Waals surface area (Å²) in [6, 6.07) is 0. The Morgan fingerprint density at radius 1 is 1.06 bits per heavy atom. The Bertz CT molecular complexity index is 261. The molecule has 1 atom stereocenters. The van der Waals surface area contributed by atoms with Crippen molar-refractivity contribution in [3.05, 3.63) is 12.2 Å². The third kappa shape index (κ3) is 2.07. The number of nitrogens with one attached hydrogen (secondary N) is 1. The van der Waals surface area contributed by atoms with Gasteiger partial charge in [-0.1, -0.05) is 39.8 Å².